The van der Waals surface area contributed by atoms with Crippen LogP contribution in [-0.4, -0.2) is 28.3 Å². The summed E-state index contributed by atoms with van der Waals surface area (Å²) < 4.78 is 0. The highest BCUT2D eigenvalue weighted by molar-refractivity contribution is 6.37. The lowest BCUT2D eigenvalue weighted by molar-refractivity contribution is 0.363. The molecule has 0 saturated heterocycles. The number of phenols is 4. The van der Waals surface area contributed by atoms with Crippen molar-refractivity contribution in [1.29, 1.82) is 0 Å². The van der Waals surface area contributed by atoms with E-state index in [2.05, 4.69) is 0 Å². The molecule has 0 saturated carbocycles. The second-order valence-corrected chi connectivity index (χ2v) is 2.54. The minimum absolute atomic E-state index is 0.0308. The second kappa shape index (κ2) is 2.83. The summed E-state index contributed by atoms with van der Waals surface area (Å²) in [5, 5.41) is 36.7. The van der Waals surface area contributed by atoms with Crippen LogP contribution in [0.1, 0.15) is 5.56 Å². The van der Waals surface area contributed by atoms with Crippen LogP contribution in [0, 0.1) is 12.3 Å². The maximum Gasteiger partial charge on any atom is 0.201 e. The fourth-order valence-corrected chi connectivity index (χ4v) is 0.957. The standard InChI is InChI=1S/C8H7BO4/c1-2-3-5(10)4(9)7(12)8(13)6(3)11/h1,10-13H,9H2. The summed E-state index contributed by atoms with van der Waals surface area (Å²) in [7, 11) is 1.37. The SMILES string of the molecule is Bc1c(O)c(O)c(O)c(C#C)c1O. The molecule has 0 fully saturated rings. The van der Waals surface area contributed by atoms with E-state index in [1.165, 1.54) is 7.85 Å². The van der Waals surface area contributed by atoms with Gasteiger partial charge < -0.3 is 20.4 Å². The van der Waals surface area contributed by atoms with Crippen LogP contribution in [0.15, 0.2) is 0 Å². The van der Waals surface area contributed by atoms with Crippen molar-refractivity contribution in [2.75, 3.05) is 0 Å². The van der Waals surface area contributed by atoms with Crippen molar-refractivity contribution in [2.45, 2.75) is 0 Å². The Labute approximate surface area is 75.5 Å². The van der Waals surface area contributed by atoms with Gasteiger partial charge in [0.1, 0.15) is 19.2 Å². The number of rotatable bonds is 0. The van der Waals surface area contributed by atoms with E-state index >= 15 is 0 Å². The lowest BCUT2D eigenvalue weighted by atomic mass is 9.90. The Morgan fingerprint density at radius 1 is 0.923 bits per heavy atom. The molecule has 0 unspecified atom stereocenters. The molecule has 0 amide bonds. The Morgan fingerprint density at radius 2 is 1.46 bits per heavy atom. The molecule has 13 heavy (non-hydrogen) atoms. The maximum atomic E-state index is 9.31. The first-order chi connectivity index (χ1) is 6.00. The molecule has 66 valence electrons. The number of aromatic hydroxyl groups is 4. The smallest absolute Gasteiger partial charge is 0.201 e. The summed E-state index contributed by atoms with van der Waals surface area (Å²) in [4.78, 5) is 0. The number of phenolic OH excluding ortho intramolecular Hbond substituents is 4. The van der Waals surface area contributed by atoms with Crippen molar-refractivity contribution in [3.8, 4) is 35.3 Å². The monoisotopic (exact) mass is 178 g/mol. The van der Waals surface area contributed by atoms with E-state index in [1.807, 2.05) is 5.92 Å². The van der Waals surface area contributed by atoms with Gasteiger partial charge in [-0.1, -0.05) is 5.92 Å². The van der Waals surface area contributed by atoms with E-state index in [1.54, 1.807) is 0 Å². The first-order valence-electron chi connectivity index (χ1n) is 3.43. The van der Waals surface area contributed by atoms with E-state index in [4.69, 9.17) is 16.6 Å². The van der Waals surface area contributed by atoms with Gasteiger partial charge in [-0.15, -0.1) is 6.42 Å². The minimum atomic E-state index is -0.719. The lowest BCUT2D eigenvalue weighted by Gasteiger charge is -2.09. The Hall–Kier alpha value is -1.96. The predicted molar refractivity (Wildman–Crippen MR) is 49.2 cm³/mol. The van der Waals surface area contributed by atoms with E-state index in [-0.39, 0.29) is 11.0 Å². The highest BCUT2D eigenvalue weighted by Gasteiger charge is 2.18. The molecular formula is C8H7BO4. The van der Waals surface area contributed by atoms with Gasteiger partial charge in [-0.3, -0.25) is 0 Å². The van der Waals surface area contributed by atoms with E-state index < -0.39 is 23.0 Å². The maximum absolute atomic E-state index is 9.31. The summed E-state index contributed by atoms with van der Waals surface area (Å²) in [6.45, 7) is 0. The molecule has 0 spiro atoms. The number of hydrogen-bond donors (Lipinski definition) is 4. The molecule has 0 atom stereocenters. The molecule has 1 aromatic rings. The summed E-state index contributed by atoms with van der Waals surface area (Å²) in [5.41, 5.74) is -0.198. The average molecular weight is 178 g/mol. The van der Waals surface area contributed by atoms with Crippen LogP contribution in [0.4, 0.5) is 0 Å². The third-order valence-corrected chi connectivity index (χ3v) is 1.78. The molecule has 0 aliphatic heterocycles. The molecule has 0 bridgehead atoms. The number of terminal acetylenes is 1. The van der Waals surface area contributed by atoms with Crippen molar-refractivity contribution < 1.29 is 20.4 Å². The first-order valence-corrected chi connectivity index (χ1v) is 3.43. The van der Waals surface area contributed by atoms with Crippen molar-refractivity contribution >= 4 is 13.3 Å². The third kappa shape index (κ3) is 1.12. The third-order valence-electron chi connectivity index (χ3n) is 1.78. The van der Waals surface area contributed by atoms with E-state index in [0.717, 1.165) is 0 Å². The summed E-state index contributed by atoms with van der Waals surface area (Å²) in [6.07, 6.45) is 4.98. The summed E-state index contributed by atoms with van der Waals surface area (Å²) in [6, 6.07) is 0. The molecule has 4 nitrogen and oxygen atoms in total. The molecule has 0 heterocycles. The molecular weight excluding hydrogens is 171 g/mol. The van der Waals surface area contributed by atoms with Crippen molar-refractivity contribution in [3.05, 3.63) is 5.56 Å². The lowest BCUT2D eigenvalue weighted by Crippen LogP contribution is -2.05. The van der Waals surface area contributed by atoms with Crippen LogP contribution in [0.3, 0.4) is 0 Å². The van der Waals surface area contributed by atoms with Gasteiger partial charge in [-0.2, -0.15) is 0 Å². The summed E-state index contributed by atoms with van der Waals surface area (Å²) >= 11 is 0. The predicted octanol–water partition coefficient (Wildman–Crippen LogP) is -1.25. The van der Waals surface area contributed by atoms with Gasteiger partial charge in [0.05, 0.1) is 0 Å². The van der Waals surface area contributed by atoms with Gasteiger partial charge in [0.25, 0.3) is 0 Å². The highest BCUT2D eigenvalue weighted by Crippen LogP contribution is 2.39. The molecule has 0 aromatic heterocycles. The van der Waals surface area contributed by atoms with Crippen LogP contribution >= 0.6 is 0 Å². The molecule has 1 aromatic carbocycles. The van der Waals surface area contributed by atoms with Gasteiger partial charge >= 0.3 is 0 Å². The van der Waals surface area contributed by atoms with Crippen LogP contribution in [-0.2, 0) is 0 Å². The van der Waals surface area contributed by atoms with Gasteiger partial charge in [0.2, 0.25) is 5.75 Å². The summed E-state index contributed by atoms with van der Waals surface area (Å²) in [5.74, 6) is -0.392. The fraction of sp³-hybridized carbons (Fsp3) is 0. The highest BCUT2D eigenvalue weighted by atomic mass is 16.3. The Morgan fingerprint density at radius 3 is 1.92 bits per heavy atom. The van der Waals surface area contributed by atoms with Gasteiger partial charge in [-0.05, 0) is 5.46 Å². The number of hydrogen-bond acceptors (Lipinski definition) is 4. The van der Waals surface area contributed by atoms with Crippen molar-refractivity contribution in [2.24, 2.45) is 0 Å². The van der Waals surface area contributed by atoms with Crippen LogP contribution < -0.4 is 5.46 Å². The largest absolute Gasteiger partial charge is 0.507 e. The first kappa shape index (κ1) is 9.14. The van der Waals surface area contributed by atoms with Crippen molar-refractivity contribution in [1.82, 2.24) is 0 Å². The van der Waals surface area contributed by atoms with Crippen LogP contribution in [0.25, 0.3) is 0 Å². The molecule has 4 N–H and O–H groups in total. The Balaban J connectivity index is 3.69. The van der Waals surface area contributed by atoms with Gasteiger partial charge in [0, 0.05) is 0 Å². The molecule has 1 rings (SSSR count). The molecule has 0 radical (unpaired) electrons. The van der Waals surface area contributed by atoms with Gasteiger partial charge in [-0.25, -0.2) is 0 Å². The zero-order valence-corrected chi connectivity index (χ0v) is 6.87. The quantitative estimate of drug-likeness (QED) is 0.173. The molecule has 0 aliphatic rings. The second-order valence-electron chi connectivity index (χ2n) is 2.54. The fourth-order valence-electron chi connectivity index (χ4n) is 0.957. The number of benzene rings is 1. The zero-order chi connectivity index (χ0) is 10.2. The van der Waals surface area contributed by atoms with Crippen molar-refractivity contribution in [3.63, 3.8) is 0 Å². The Bertz CT molecular complexity index is 377. The zero-order valence-electron chi connectivity index (χ0n) is 6.87. The molecule has 0 aliphatic carbocycles. The van der Waals surface area contributed by atoms with Crippen LogP contribution in [0.5, 0.6) is 23.0 Å². The van der Waals surface area contributed by atoms with Crippen LogP contribution in [0.2, 0.25) is 0 Å². The van der Waals surface area contributed by atoms with Gasteiger partial charge in [0.15, 0.2) is 11.5 Å². The minimum Gasteiger partial charge on any atom is -0.507 e. The van der Waals surface area contributed by atoms with E-state index in [0.29, 0.717) is 0 Å². The van der Waals surface area contributed by atoms with E-state index in [9.17, 15) is 10.2 Å². The average Bonchev–Trinajstić information content (AvgIpc) is 2.13. The Kier molecular flexibility index (Phi) is 1.99. The topological polar surface area (TPSA) is 80.9 Å². The molecule has 5 heteroatoms. The normalized spacial score (nSPS) is 9.46.